The van der Waals surface area contributed by atoms with Crippen molar-refractivity contribution in [2.45, 2.75) is 6.92 Å². The number of ether oxygens (including phenoxy) is 2. The van der Waals surface area contributed by atoms with Crippen LogP contribution in [-0.4, -0.2) is 36.4 Å². The Kier molecular flexibility index (Phi) is 6.53. The Balaban J connectivity index is 1.87. The first-order valence-electron chi connectivity index (χ1n) is 7.59. The van der Waals surface area contributed by atoms with Gasteiger partial charge < -0.3 is 14.6 Å². The van der Waals surface area contributed by atoms with Gasteiger partial charge in [-0.05, 0) is 61.0 Å². The molecular weight excluding hydrogens is 324 g/mol. The largest absolute Gasteiger partial charge is 0.494 e. The van der Waals surface area contributed by atoms with E-state index in [-0.39, 0.29) is 5.91 Å². The number of carboxylic acids is 1. The average molecular weight is 342 g/mol. The van der Waals surface area contributed by atoms with Crippen LogP contribution in [0.3, 0.4) is 0 Å². The number of hydrogen-bond donors (Lipinski definition) is 2. The van der Waals surface area contributed by atoms with E-state index in [4.69, 9.17) is 14.6 Å². The molecule has 0 aromatic heterocycles. The van der Waals surface area contributed by atoms with E-state index < -0.39 is 12.6 Å². The van der Waals surface area contributed by atoms with Crippen LogP contribution < -0.4 is 14.9 Å². The highest BCUT2D eigenvalue weighted by Crippen LogP contribution is 2.12. The van der Waals surface area contributed by atoms with Crippen molar-refractivity contribution in [3.63, 3.8) is 0 Å². The van der Waals surface area contributed by atoms with E-state index in [2.05, 4.69) is 10.5 Å². The standard InChI is InChI=1S/C18H18N2O5/c1-2-24-15-9-5-14(6-10-15)18(23)20-19-11-13-3-7-16(8-4-13)25-12-17(21)22/h3-11H,2,12H2,1H3,(H,20,23)(H,21,22)/b19-11-. The molecule has 7 nitrogen and oxygen atoms in total. The summed E-state index contributed by atoms with van der Waals surface area (Å²) in [7, 11) is 0. The molecule has 130 valence electrons. The van der Waals surface area contributed by atoms with Crippen LogP contribution in [0.4, 0.5) is 0 Å². The number of hydrogen-bond acceptors (Lipinski definition) is 5. The molecule has 0 unspecified atom stereocenters. The van der Waals surface area contributed by atoms with Gasteiger partial charge in [0.2, 0.25) is 0 Å². The Bertz CT molecular complexity index is 739. The number of carbonyl (C=O) groups is 2. The van der Waals surface area contributed by atoms with E-state index in [0.29, 0.717) is 23.7 Å². The van der Waals surface area contributed by atoms with E-state index in [1.165, 1.54) is 6.21 Å². The van der Waals surface area contributed by atoms with Crippen molar-refractivity contribution in [1.82, 2.24) is 5.43 Å². The summed E-state index contributed by atoms with van der Waals surface area (Å²) in [5.41, 5.74) is 3.64. The number of benzene rings is 2. The van der Waals surface area contributed by atoms with Crippen LogP contribution in [0.15, 0.2) is 53.6 Å². The Labute approximate surface area is 144 Å². The van der Waals surface area contributed by atoms with Crippen molar-refractivity contribution in [2.75, 3.05) is 13.2 Å². The number of carboxylic acid groups (broad SMARTS) is 1. The number of rotatable bonds is 8. The van der Waals surface area contributed by atoms with Crippen molar-refractivity contribution < 1.29 is 24.2 Å². The van der Waals surface area contributed by atoms with Gasteiger partial charge in [0, 0.05) is 5.56 Å². The maximum absolute atomic E-state index is 12.0. The highest BCUT2D eigenvalue weighted by molar-refractivity contribution is 5.95. The normalized spacial score (nSPS) is 10.4. The van der Waals surface area contributed by atoms with Crippen molar-refractivity contribution in [1.29, 1.82) is 0 Å². The van der Waals surface area contributed by atoms with Crippen LogP contribution in [0, 0.1) is 0 Å². The lowest BCUT2D eigenvalue weighted by Gasteiger charge is -2.04. The van der Waals surface area contributed by atoms with E-state index in [0.717, 1.165) is 5.56 Å². The molecule has 7 heteroatoms. The summed E-state index contributed by atoms with van der Waals surface area (Å²) in [5.74, 6) is -0.228. The highest BCUT2D eigenvalue weighted by Gasteiger charge is 2.04. The molecule has 2 aromatic carbocycles. The summed E-state index contributed by atoms with van der Waals surface area (Å²) in [6.45, 7) is 2.06. The third-order valence-electron chi connectivity index (χ3n) is 3.05. The van der Waals surface area contributed by atoms with Crippen LogP contribution in [-0.2, 0) is 4.79 Å². The molecule has 0 aliphatic carbocycles. The first-order valence-corrected chi connectivity index (χ1v) is 7.59. The van der Waals surface area contributed by atoms with Gasteiger partial charge in [-0.3, -0.25) is 4.79 Å². The number of amides is 1. The summed E-state index contributed by atoms with van der Waals surface area (Å²) >= 11 is 0. The topological polar surface area (TPSA) is 97.2 Å². The number of nitrogens with one attached hydrogen (secondary N) is 1. The van der Waals surface area contributed by atoms with Crippen molar-refractivity contribution in [3.8, 4) is 11.5 Å². The lowest BCUT2D eigenvalue weighted by Crippen LogP contribution is -2.17. The van der Waals surface area contributed by atoms with E-state index in [9.17, 15) is 9.59 Å². The van der Waals surface area contributed by atoms with Gasteiger partial charge in [0.15, 0.2) is 6.61 Å². The number of nitrogens with zero attached hydrogens (tertiary/aromatic N) is 1. The average Bonchev–Trinajstić information content (AvgIpc) is 2.62. The molecule has 0 radical (unpaired) electrons. The van der Waals surface area contributed by atoms with Gasteiger partial charge in [-0.1, -0.05) is 0 Å². The minimum absolute atomic E-state index is 0.333. The highest BCUT2D eigenvalue weighted by atomic mass is 16.5. The molecule has 2 N–H and O–H groups in total. The van der Waals surface area contributed by atoms with Crippen molar-refractivity contribution in [3.05, 3.63) is 59.7 Å². The monoisotopic (exact) mass is 342 g/mol. The van der Waals surface area contributed by atoms with Crippen LogP contribution >= 0.6 is 0 Å². The smallest absolute Gasteiger partial charge is 0.341 e. The van der Waals surface area contributed by atoms with E-state index in [1.54, 1.807) is 48.5 Å². The minimum atomic E-state index is -1.04. The third kappa shape index (κ3) is 5.98. The molecule has 0 aliphatic heterocycles. The van der Waals surface area contributed by atoms with Gasteiger partial charge >= 0.3 is 5.97 Å². The predicted octanol–water partition coefficient (Wildman–Crippen LogP) is 2.31. The SMILES string of the molecule is CCOc1ccc(C(=O)N/N=C\c2ccc(OCC(=O)O)cc2)cc1. The zero-order valence-corrected chi connectivity index (χ0v) is 13.6. The molecule has 0 spiro atoms. The molecule has 0 heterocycles. The van der Waals surface area contributed by atoms with E-state index >= 15 is 0 Å². The van der Waals surface area contributed by atoms with Crippen molar-refractivity contribution in [2.24, 2.45) is 5.10 Å². The summed E-state index contributed by atoms with van der Waals surface area (Å²) in [5, 5.41) is 12.4. The molecule has 0 aliphatic rings. The Morgan fingerprint density at radius 3 is 2.24 bits per heavy atom. The Morgan fingerprint density at radius 1 is 1.04 bits per heavy atom. The molecule has 1 amide bonds. The summed E-state index contributed by atoms with van der Waals surface area (Å²) in [4.78, 5) is 22.4. The zero-order chi connectivity index (χ0) is 18.1. The van der Waals surface area contributed by atoms with Gasteiger partial charge in [-0.15, -0.1) is 0 Å². The van der Waals surface area contributed by atoms with Crippen LogP contribution in [0.1, 0.15) is 22.8 Å². The molecule has 25 heavy (non-hydrogen) atoms. The molecule has 0 fully saturated rings. The Hall–Kier alpha value is -3.35. The summed E-state index contributed by atoms with van der Waals surface area (Å²) < 4.78 is 10.3. The van der Waals surface area contributed by atoms with E-state index in [1.807, 2.05) is 6.92 Å². The van der Waals surface area contributed by atoms with Crippen LogP contribution in [0.2, 0.25) is 0 Å². The van der Waals surface area contributed by atoms with Gasteiger partial charge in [0.25, 0.3) is 5.91 Å². The molecule has 2 rings (SSSR count). The van der Waals surface area contributed by atoms with Gasteiger partial charge in [-0.2, -0.15) is 5.10 Å². The maximum Gasteiger partial charge on any atom is 0.341 e. The fourth-order valence-corrected chi connectivity index (χ4v) is 1.89. The fraction of sp³-hybridized carbons (Fsp3) is 0.167. The zero-order valence-electron chi connectivity index (χ0n) is 13.6. The first kappa shape index (κ1) is 18.0. The number of aliphatic carboxylic acids is 1. The second-order valence-electron chi connectivity index (χ2n) is 4.91. The van der Waals surface area contributed by atoms with Gasteiger partial charge in [0.1, 0.15) is 11.5 Å². The van der Waals surface area contributed by atoms with Crippen LogP contribution in [0.5, 0.6) is 11.5 Å². The molecular formula is C18H18N2O5. The number of hydrazone groups is 1. The minimum Gasteiger partial charge on any atom is -0.494 e. The van der Waals surface area contributed by atoms with Crippen molar-refractivity contribution >= 4 is 18.1 Å². The Morgan fingerprint density at radius 2 is 1.64 bits per heavy atom. The van der Waals surface area contributed by atoms with Crippen LogP contribution in [0.25, 0.3) is 0 Å². The molecule has 0 saturated heterocycles. The lowest BCUT2D eigenvalue weighted by molar-refractivity contribution is -0.139. The van der Waals surface area contributed by atoms with Gasteiger partial charge in [-0.25, -0.2) is 10.2 Å². The lowest BCUT2D eigenvalue weighted by atomic mass is 10.2. The van der Waals surface area contributed by atoms with Gasteiger partial charge in [0.05, 0.1) is 12.8 Å². The second-order valence-corrected chi connectivity index (χ2v) is 4.91. The number of carbonyl (C=O) groups excluding carboxylic acids is 1. The summed E-state index contributed by atoms with van der Waals surface area (Å²) in [6.07, 6.45) is 1.48. The maximum atomic E-state index is 12.0. The molecule has 0 atom stereocenters. The first-order chi connectivity index (χ1) is 12.1. The predicted molar refractivity (Wildman–Crippen MR) is 92.2 cm³/mol. The third-order valence-corrected chi connectivity index (χ3v) is 3.05. The molecule has 0 saturated carbocycles. The summed E-state index contributed by atoms with van der Waals surface area (Å²) in [6, 6.07) is 13.4. The molecule has 0 bridgehead atoms. The molecule has 2 aromatic rings. The quantitative estimate of drug-likeness (QED) is 0.567. The fourth-order valence-electron chi connectivity index (χ4n) is 1.89. The second kappa shape index (κ2) is 9.07.